The van der Waals surface area contributed by atoms with Crippen molar-refractivity contribution in [1.29, 1.82) is 0 Å². The summed E-state index contributed by atoms with van der Waals surface area (Å²) in [6.07, 6.45) is 0. The van der Waals surface area contributed by atoms with Gasteiger partial charge in [0, 0.05) is 24.7 Å². The second-order valence-corrected chi connectivity index (χ2v) is 7.11. The molecule has 1 aromatic carbocycles. The highest BCUT2D eigenvalue weighted by atomic mass is 16.2. The van der Waals surface area contributed by atoms with Gasteiger partial charge in [-0.3, -0.25) is 14.3 Å². The average molecular weight is 355 g/mol. The van der Waals surface area contributed by atoms with Crippen LogP contribution in [-0.4, -0.2) is 34.2 Å². The van der Waals surface area contributed by atoms with Gasteiger partial charge in [0.15, 0.2) is 5.69 Å². The van der Waals surface area contributed by atoms with Gasteiger partial charge in [-0.2, -0.15) is 5.10 Å². The maximum atomic E-state index is 12.4. The van der Waals surface area contributed by atoms with E-state index in [9.17, 15) is 9.59 Å². The zero-order valence-corrected chi connectivity index (χ0v) is 15.3. The van der Waals surface area contributed by atoms with E-state index in [1.54, 1.807) is 4.68 Å². The molecule has 0 saturated carbocycles. The molecule has 0 aliphatic carbocycles. The van der Waals surface area contributed by atoms with Crippen molar-refractivity contribution in [3.8, 4) is 0 Å². The molecule has 3 rings (SSSR count). The number of fused-ring (bicyclic) bond motifs is 1. The molecule has 26 heavy (non-hydrogen) atoms. The monoisotopic (exact) mass is 355 g/mol. The van der Waals surface area contributed by atoms with Gasteiger partial charge >= 0.3 is 0 Å². The van der Waals surface area contributed by atoms with Crippen LogP contribution in [0.25, 0.3) is 0 Å². The third-order valence-corrected chi connectivity index (χ3v) is 4.58. The van der Waals surface area contributed by atoms with Gasteiger partial charge in [0.25, 0.3) is 11.8 Å². The Kier molecular flexibility index (Phi) is 5.08. The molecule has 0 fully saturated rings. The molecule has 4 N–H and O–H groups in total. The van der Waals surface area contributed by atoms with Crippen molar-refractivity contribution in [1.82, 2.24) is 20.4 Å². The van der Waals surface area contributed by atoms with E-state index in [0.717, 1.165) is 5.56 Å². The predicted octanol–water partition coefficient (Wildman–Crippen LogP) is 1.57. The Morgan fingerprint density at radius 2 is 2.00 bits per heavy atom. The lowest BCUT2D eigenvalue weighted by atomic mass is 9.99. The molecule has 2 amide bonds. The second kappa shape index (κ2) is 7.29. The van der Waals surface area contributed by atoms with Gasteiger partial charge in [-0.1, -0.05) is 38.1 Å². The summed E-state index contributed by atoms with van der Waals surface area (Å²) in [4.78, 5) is 24.3. The largest absolute Gasteiger partial charge is 0.349 e. The fraction of sp³-hybridized carbons (Fsp3) is 0.421. The highest BCUT2D eigenvalue weighted by Gasteiger charge is 2.25. The van der Waals surface area contributed by atoms with E-state index >= 15 is 0 Å². The van der Waals surface area contributed by atoms with Crippen LogP contribution < -0.4 is 16.4 Å². The number of benzene rings is 1. The Labute approximate surface area is 153 Å². The lowest BCUT2D eigenvalue weighted by molar-refractivity contribution is 0.0898. The molecule has 7 nitrogen and oxygen atoms in total. The molecule has 0 radical (unpaired) electrons. The smallest absolute Gasteiger partial charge is 0.271 e. The summed E-state index contributed by atoms with van der Waals surface area (Å²) in [5.74, 6) is -0.0781. The van der Waals surface area contributed by atoms with Gasteiger partial charge in [0.1, 0.15) is 5.69 Å². The molecule has 0 saturated heterocycles. The molecule has 138 valence electrons. The average Bonchev–Trinajstić information content (AvgIpc) is 3.04. The minimum atomic E-state index is -0.332. The zero-order chi connectivity index (χ0) is 18.8. The predicted molar refractivity (Wildman–Crippen MR) is 98.9 cm³/mol. The number of nitrogens with one attached hydrogen (secondary N) is 2. The van der Waals surface area contributed by atoms with Gasteiger partial charge in [-0.15, -0.1) is 0 Å². The van der Waals surface area contributed by atoms with Crippen molar-refractivity contribution in [3.05, 3.63) is 52.8 Å². The van der Waals surface area contributed by atoms with E-state index < -0.39 is 0 Å². The van der Waals surface area contributed by atoms with Gasteiger partial charge in [-0.25, -0.2) is 0 Å². The molecule has 2 atom stereocenters. The number of carbonyl (C=O) groups is 2. The van der Waals surface area contributed by atoms with Crippen molar-refractivity contribution >= 4 is 11.8 Å². The third-order valence-electron chi connectivity index (χ3n) is 4.58. The first-order chi connectivity index (χ1) is 12.3. The van der Waals surface area contributed by atoms with E-state index in [1.165, 1.54) is 11.6 Å². The SMILES string of the molecule is CC1Cn2nc(C(=O)NCC(N)c3ccc(C(C)C)cc3)cc2C(=O)N1. The first kappa shape index (κ1) is 18.1. The van der Waals surface area contributed by atoms with Crippen LogP contribution in [0, 0.1) is 0 Å². The highest BCUT2D eigenvalue weighted by Crippen LogP contribution is 2.17. The third kappa shape index (κ3) is 3.77. The number of hydrogen-bond acceptors (Lipinski definition) is 4. The first-order valence-electron chi connectivity index (χ1n) is 8.87. The number of carbonyl (C=O) groups excluding carboxylic acids is 2. The zero-order valence-electron chi connectivity index (χ0n) is 15.3. The molecule has 1 aliphatic heterocycles. The van der Waals surface area contributed by atoms with Crippen molar-refractivity contribution < 1.29 is 9.59 Å². The number of amides is 2. The number of nitrogens with zero attached hydrogens (tertiary/aromatic N) is 2. The fourth-order valence-corrected chi connectivity index (χ4v) is 2.99. The lowest BCUT2D eigenvalue weighted by Crippen LogP contribution is -2.42. The molecular weight excluding hydrogens is 330 g/mol. The molecule has 0 spiro atoms. The first-order valence-corrected chi connectivity index (χ1v) is 8.87. The van der Waals surface area contributed by atoms with Crippen molar-refractivity contribution in [2.45, 2.75) is 45.3 Å². The van der Waals surface area contributed by atoms with Crippen LogP contribution in [0.4, 0.5) is 0 Å². The minimum absolute atomic E-state index is 0.00644. The maximum absolute atomic E-state index is 12.4. The van der Waals surface area contributed by atoms with Crippen LogP contribution in [0.1, 0.15) is 64.8 Å². The molecule has 2 heterocycles. The Hall–Kier alpha value is -2.67. The molecule has 1 aromatic heterocycles. The number of rotatable bonds is 5. The molecule has 0 bridgehead atoms. The summed E-state index contributed by atoms with van der Waals surface area (Å²) in [5, 5.41) is 9.85. The minimum Gasteiger partial charge on any atom is -0.349 e. The quantitative estimate of drug-likeness (QED) is 0.757. The van der Waals surface area contributed by atoms with Gasteiger partial charge < -0.3 is 16.4 Å². The highest BCUT2D eigenvalue weighted by molar-refractivity contribution is 5.98. The molecule has 1 aliphatic rings. The molecule has 7 heteroatoms. The van der Waals surface area contributed by atoms with Crippen molar-refractivity contribution in [2.24, 2.45) is 5.73 Å². The van der Waals surface area contributed by atoms with Gasteiger partial charge in [0.2, 0.25) is 0 Å². The van der Waals surface area contributed by atoms with E-state index in [-0.39, 0.29) is 29.6 Å². The lowest BCUT2D eigenvalue weighted by Gasteiger charge is -2.20. The Balaban J connectivity index is 1.62. The number of aromatic nitrogens is 2. The van der Waals surface area contributed by atoms with Crippen LogP contribution >= 0.6 is 0 Å². The van der Waals surface area contributed by atoms with E-state index in [4.69, 9.17) is 5.73 Å². The molecular formula is C19H25N5O2. The Bertz CT molecular complexity index is 810. The normalized spacial score (nSPS) is 17.6. The molecule has 2 unspecified atom stereocenters. The van der Waals surface area contributed by atoms with Crippen LogP contribution in [-0.2, 0) is 6.54 Å². The summed E-state index contributed by atoms with van der Waals surface area (Å²) in [7, 11) is 0. The summed E-state index contributed by atoms with van der Waals surface area (Å²) in [6.45, 7) is 7.02. The summed E-state index contributed by atoms with van der Waals surface area (Å²) in [5.41, 5.74) is 9.03. The van der Waals surface area contributed by atoms with Crippen molar-refractivity contribution in [2.75, 3.05) is 6.54 Å². The van der Waals surface area contributed by atoms with Gasteiger partial charge in [0.05, 0.1) is 6.54 Å². The maximum Gasteiger partial charge on any atom is 0.271 e. The van der Waals surface area contributed by atoms with E-state index in [0.29, 0.717) is 24.7 Å². The fourth-order valence-electron chi connectivity index (χ4n) is 2.99. The van der Waals surface area contributed by atoms with Crippen LogP contribution in [0.5, 0.6) is 0 Å². The number of nitrogens with two attached hydrogens (primary N) is 1. The number of hydrogen-bond donors (Lipinski definition) is 3. The Morgan fingerprint density at radius 1 is 1.35 bits per heavy atom. The summed E-state index contributed by atoms with van der Waals surface area (Å²) in [6, 6.07) is 9.31. The summed E-state index contributed by atoms with van der Waals surface area (Å²) >= 11 is 0. The van der Waals surface area contributed by atoms with Crippen LogP contribution in [0.2, 0.25) is 0 Å². The molecule has 2 aromatic rings. The second-order valence-electron chi connectivity index (χ2n) is 7.11. The van der Waals surface area contributed by atoms with Crippen LogP contribution in [0.3, 0.4) is 0 Å². The standard InChI is InChI=1S/C19H25N5O2/c1-11(2)13-4-6-14(7-5-13)15(20)9-21-18(25)16-8-17-19(26)22-12(3)10-24(17)23-16/h4-8,11-12,15H,9-10,20H2,1-3H3,(H,21,25)(H,22,26). The van der Waals surface area contributed by atoms with E-state index in [2.05, 4.69) is 41.7 Å². The van der Waals surface area contributed by atoms with Crippen molar-refractivity contribution in [3.63, 3.8) is 0 Å². The summed E-state index contributed by atoms with van der Waals surface area (Å²) < 4.78 is 1.57. The van der Waals surface area contributed by atoms with E-state index in [1.807, 2.05) is 19.1 Å². The topological polar surface area (TPSA) is 102 Å². The van der Waals surface area contributed by atoms with Gasteiger partial charge in [-0.05, 0) is 24.0 Å². The van der Waals surface area contributed by atoms with Crippen LogP contribution in [0.15, 0.2) is 30.3 Å². The Morgan fingerprint density at radius 3 is 2.65 bits per heavy atom.